The normalized spacial score (nSPS) is 14.2. The molecule has 0 saturated carbocycles. The Labute approximate surface area is 162 Å². The van der Waals surface area contributed by atoms with Crippen molar-refractivity contribution in [2.24, 2.45) is 0 Å². The van der Waals surface area contributed by atoms with Crippen molar-refractivity contribution in [3.63, 3.8) is 0 Å². The van der Waals surface area contributed by atoms with Gasteiger partial charge in [0.05, 0.1) is 4.91 Å². The number of imide groups is 1. The maximum atomic E-state index is 12.4. The third-order valence-electron chi connectivity index (χ3n) is 4.68. The van der Waals surface area contributed by atoms with Gasteiger partial charge in [0, 0.05) is 17.5 Å². The maximum Gasteiger partial charge on any atom is 0.267 e. The van der Waals surface area contributed by atoms with Gasteiger partial charge in [0.2, 0.25) is 0 Å². The molecule has 0 spiro atoms. The summed E-state index contributed by atoms with van der Waals surface area (Å²) in [5.74, 6) is -0.302. The smallest absolute Gasteiger partial charge is 0.267 e. The number of hydrogen-bond acceptors (Lipinski definition) is 3. The summed E-state index contributed by atoms with van der Waals surface area (Å²) in [6, 6.07) is 9.72. The highest BCUT2D eigenvalue weighted by Gasteiger charge is 2.30. The third-order valence-corrected chi connectivity index (χ3v) is 5.70. The average Bonchev–Trinajstić information content (AvgIpc) is 2.91. The van der Waals surface area contributed by atoms with E-state index in [9.17, 15) is 9.59 Å². The minimum absolute atomic E-state index is 0.139. The molecule has 26 heavy (non-hydrogen) atoms. The molecule has 0 aliphatic carbocycles. The molecular formula is C22H31NO2S. The van der Waals surface area contributed by atoms with Crippen molar-refractivity contribution in [3.8, 4) is 0 Å². The topological polar surface area (TPSA) is 37.4 Å². The van der Waals surface area contributed by atoms with E-state index in [0.29, 0.717) is 11.4 Å². The maximum absolute atomic E-state index is 12.4. The van der Waals surface area contributed by atoms with Gasteiger partial charge in [-0.1, -0.05) is 94.7 Å². The van der Waals surface area contributed by atoms with E-state index in [1.165, 1.54) is 74.1 Å². The largest absolute Gasteiger partial charge is 0.274 e. The first-order valence-electron chi connectivity index (χ1n) is 10.0. The summed E-state index contributed by atoms with van der Waals surface area (Å²) in [5, 5.41) is 0. The minimum atomic E-state index is -0.163. The van der Waals surface area contributed by atoms with E-state index in [0.717, 1.165) is 17.7 Å². The van der Waals surface area contributed by atoms with Crippen molar-refractivity contribution in [3.05, 3.63) is 41.3 Å². The zero-order chi connectivity index (χ0) is 18.6. The van der Waals surface area contributed by atoms with Gasteiger partial charge in [0.25, 0.3) is 11.8 Å². The lowest BCUT2D eigenvalue weighted by molar-refractivity contribution is -0.136. The molecule has 4 heteroatoms. The van der Waals surface area contributed by atoms with Gasteiger partial charge in [0.15, 0.2) is 0 Å². The summed E-state index contributed by atoms with van der Waals surface area (Å²) in [7, 11) is 0. The van der Waals surface area contributed by atoms with Gasteiger partial charge in [-0.15, -0.1) is 0 Å². The van der Waals surface area contributed by atoms with Crippen LogP contribution in [0.3, 0.4) is 0 Å². The molecule has 0 radical (unpaired) electrons. The number of hydrogen-bond donors (Lipinski definition) is 0. The number of unbranched alkanes of at least 4 members (excludes halogenated alkanes) is 9. The molecule has 0 bridgehead atoms. The van der Waals surface area contributed by atoms with Gasteiger partial charge in [-0.3, -0.25) is 14.5 Å². The van der Waals surface area contributed by atoms with Gasteiger partial charge in [-0.25, -0.2) is 0 Å². The fourth-order valence-corrected chi connectivity index (χ4v) is 4.05. The molecule has 0 N–H and O–H groups in total. The van der Waals surface area contributed by atoms with Crippen LogP contribution >= 0.6 is 11.8 Å². The molecule has 2 rings (SSSR count). The highest BCUT2D eigenvalue weighted by Crippen LogP contribution is 2.31. The monoisotopic (exact) mass is 373 g/mol. The van der Waals surface area contributed by atoms with Gasteiger partial charge in [-0.05, 0) is 18.6 Å². The summed E-state index contributed by atoms with van der Waals surface area (Å²) in [6.07, 6.45) is 14.0. The summed E-state index contributed by atoms with van der Waals surface area (Å²) in [6.45, 7) is 2.79. The van der Waals surface area contributed by atoms with Crippen LogP contribution in [0.2, 0.25) is 0 Å². The van der Waals surface area contributed by atoms with Crippen molar-refractivity contribution in [1.29, 1.82) is 0 Å². The Morgan fingerprint density at radius 2 is 1.38 bits per heavy atom. The van der Waals surface area contributed by atoms with E-state index in [1.54, 1.807) is 0 Å². The van der Waals surface area contributed by atoms with E-state index < -0.39 is 0 Å². The predicted octanol–water partition coefficient (Wildman–Crippen LogP) is 5.95. The summed E-state index contributed by atoms with van der Waals surface area (Å²) < 4.78 is 0. The molecule has 1 aliphatic heterocycles. The molecule has 1 aromatic carbocycles. The van der Waals surface area contributed by atoms with Crippen molar-refractivity contribution >= 4 is 23.6 Å². The van der Waals surface area contributed by atoms with Gasteiger partial charge >= 0.3 is 0 Å². The fraction of sp³-hybridized carbons (Fsp3) is 0.545. The predicted molar refractivity (Wildman–Crippen MR) is 109 cm³/mol. The SMILES string of the molecule is CCCCCCCCCCCCN1C(=O)C=C(Sc2ccccc2)C1=O. The van der Waals surface area contributed by atoms with Crippen molar-refractivity contribution in [2.45, 2.75) is 76.0 Å². The first-order chi connectivity index (χ1) is 12.7. The van der Waals surface area contributed by atoms with Gasteiger partial charge in [0.1, 0.15) is 0 Å². The minimum Gasteiger partial charge on any atom is -0.274 e. The first kappa shape index (κ1) is 20.8. The highest BCUT2D eigenvalue weighted by molar-refractivity contribution is 8.04. The Balaban J connectivity index is 1.59. The van der Waals surface area contributed by atoms with Crippen LogP contribution in [0.5, 0.6) is 0 Å². The second-order valence-electron chi connectivity index (χ2n) is 6.90. The van der Waals surface area contributed by atoms with Crippen LogP contribution in [-0.4, -0.2) is 23.3 Å². The molecule has 0 unspecified atom stereocenters. The molecule has 0 fully saturated rings. The van der Waals surface area contributed by atoms with Crippen LogP contribution in [0.25, 0.3) is 0 Å². The molecule has 0 saturated heterocycles. The number of benzene rings is 1. The molecule has 1 aliphatic rings. The summed E-state index contributed by atoms with van der Waals surface area (Å²) >= 11 is 1.37. The van der Waals surface area contributed by atoms with Crippen LogP contribution in [0.4, 0.5) is 0 Å². The van der Waals surface area contributed by atoms with Gasteiger partial charge in [-0.2, -0.15) is 0 Å². The van der Waals surface area contributed by atoms with E-state index in [2.05, 4.69) is 6.92 Å². The van der Waals surface area contributed by atoms with Crippen molar-refractivity contribution in [1.82, 2.24) is 4.90 Å². The van der Waals surface area contributed by atoms with Crippen LogP contribution < -0.4 is 0 Å². The molecule has 1 heterocycles. The Bertz CT molecular complexity index is 597. The van der Waals surface area contributed by atoms with Crippen molar-refractivity contribution < 1.29 is 9.59 Å². The Morgan fingerprint density at radius 3 is 2.00 bits per heavy atom. The molecule has 3 nitrogen and oxygen atoms in total. The molecule has 2 amide bonds. The number of nitrogens with zero attached hydrogens (tertiary/aromatic N) is 1. The van der Waals surface area contributed by atoms with E-state index >= 15 is 0 Å². The van der Waals surface area contributed by atoms with Crippen LogP contribution in [0, 0.1) is 0 Å². The van der Waals surface area contributed by atoms with Crippen molar-refractivity contribution in [2.75, 3.05) is 6.54 Å². The number of rotatable bonds is 13. The number of carbonyl (C=O) groups excluding carboxylic acids is 2. The van der Waals surface area contributed by atoms with Crippen LogP contribution in [-0.2, 0) is 9.59 Å². The fourth-order valence-electron chi connectivity index (χ4n) is 3.14. The second-order valence-corrected chi connectivity index (χ2v) is 8.02. The second kappa shape index (κ2) is 11.9. The number of thioether (sulfide) groups is 1. The quantitative estimate of drug-likeness (QED) is 0.316. The average molecular weight is 374 g/mol. The van der Waals surface area contributed by atoms with E-state index in [-0.39, 0.29) is 11.8 Å². The van der Waals surface area contributed by atoms with E-state index in [1.807, 2.05) is 30.3 Å². The van der Waals surface area contributed by atoms with E-state index in [4.69, 9.17) is 0 Å². The first-order valence-corrected chi connectivity index (χ1v) is 10.8. The molecule has 142 valence electrons. The Kier molecular flexibility index (Phi) is 9.54. The summed E-state index contributed by atoms with van der Waals surface area (Å²) in [5.41, 5.74) is 0. The number of carbonyl (C=O) groups is 2. The molecule has 0 atom stereocenters. The lowest BCUT2D eigenvalue weighted by atomic mass is 10.1. The number of amides is 2. The van der Waals surface area contributed by atoms with Crippen LogP contribution in [0.1, 0.15) is 71.1 Å². The molecular weight excluding hydrogens is 342 g/mol. The zero-order valence-corrected chi connectivity index (χ0v) is 16.7. The molecule has 1 aromatic rings. The lowest BCUT2D eigenvalue weighted by Crippen LogP contribution is -2.31. The summed E-state index contributed by atoms with van der Waals surface area (Å²) in [4.78, 5) is 27.4. The molecule has 0 aromatic heterocycles. The Hall–Kier alpha value is -1.55. The Morgan fingerprint density at radius 1 is 0.808 bits per heavy atom. The lowest BCUT2D eigenvalue weighted by Gasteiger charge is -2.14. The highest BCUT2D eigenvalue weighted by atomic mass is 32.2. The zero-order valence-electron chi connectivity index (χ0n) is 15.9. The van der Waals surface area contributed by atoms with Gasteiger partial charge < -0.3 is 0 Å². The third kappa shape index (κ3) is 6.99. The standard InChI is InChI=1S/C22H31NO2S/c1-2-3-4-5-6-7-8-9-10-14-17-23-21(24)18-20(22(23)25)26-19-15-12-11-13-16-19/h11-13,15-16,18H,2-10,14,17H2,1H3. The van der Waals surface area contributed by atoms with Crippen LogP contribution in [0.15, 0.2) is 46.2 Å².